The van der Waals surface area contributed by atoms with Gasteiger partial charge in [0.25, 0.3) is 0 Å². The molecule has 0 spiro atoms. The van der Waals surface area contributed by atoms with Gasteiger partial charge in [0.2, 0.25) is 11.8 Å². The molecular formula is C13H23Cl2N5O2S. The number of nitrogens with zero attached hydrogens (tertiary/aromatic N) is 4. The van der Waals surface area contributed by atoms with Gasteiger partial charge in [-0.15, -0.1) is 36.6 Å². The number of amides is 1. The molecule has 1 aromatic heterocycles. The maximum Gasteiger partial charge on any atom is 0.240 e. The van der Waals surface area contributed by atoms with Crippen molar-refractivity contribution >= 4 is 42.5 Å². The monoisotopic (exact) mass is 383 g/mol. The van der Waals surface area contributed by atoms with Crippen molar-refractivity contribution in [1.82, 2.24) is 25.3 Å². The van der Waals surface area contributed by atoms with Crippen LogP contribution in [0.4, 0.5) is 0 Å². The van der Waals surface area contributed by atoms with E-state index in [4.69, 9.17) is 4.52 Å². The molecule has 3 heterocycles. The Kier molecular flexibility index (Phi) is 8.63. The highest BCUT2D eigenvalue weighted by atomic mass is 35.5. The summed E-state index contributed by atoms with van der Waals surface area (Å²) in [5.41, 5.74) is 0. The van der Waals surface area contributed by atoms with E-state index in [1.165, 1.54) is 0 Å². The summed E-state index contributed by atoms with van der Waals surface area (Å²) in [5, 5.41) is 7.22. The van der Waals surface area contributed by atoms with Gasteiger partial charge in [-0.3, -0.25) is 15.0 Å². The molecule has 0 aliphatic carbocycles. The third-order valence-electron chi connectivity index (χ3n) is 3.88. The lowest BCUT2D eigenvalue weighted by atomic mass is 10.2. The summed E-state index contributed by atoms with van der Waals surface area (Å²) in [6.07, 6.45) is 0.766. The normalized spacial score (nSPS) is 21.6. The minimum absolute atomic E-state index is 0. The summed E-state index contributed by atoms with van der Waals surface area (Å²) >= 11 is 1.79. The van der Waals surface area contributed by atoms with Gasteiger partial charge < -0.3 is 9.42 Å². The summed E-state index contributed by atoms with van der Waals surface area (Å²) in [4.78, 5) is 20.9. The van der Waals surface area contributed by atoms with Crippen LogP contribution in [-0.2, 0) is 17.8 Å². The third kappa shape index (κ3) is 5.22. The molecule has 1 N–H and O–H groups in total. The van der Waals surface area contributed by atoms with Crippen LogP contribution >= 0.6 is 36.6 Å². The van der Waals surface area contributed by atoms with E-state index in [0.717, 1.165) is 50.1 Å². The van der Waals surface area contributed by atoms with Gasteiger partial charge in [0.05, 0.1) is 12.6 Å². The highest BCUT2D eigenvalue weighted by Gasteiger charge is 2.29. The fourth-order valence-electron chi connectivity index (χ4n) is 2.60. The molecule has 3 rings (SSSR count). The van der Waals surface area contributed by atoms with Gasteiger partial charge >= 0.3 is 0 Å². The lowest BCUT2D eigenvalue weighted by molar-refractivity contribution is -0.134. The Hall–Kier alpha value is -0.540. The average Bonchev–Trinajstić information content (AvgIpc) is 3.19. The second-order valence-electron chi connectivity index (χ2n) is 5.33. The van der Waals surface area contributed by atoms with E-state index in [1.807, 2.05) is 11.8 Å². The maximum atomic E-state index is 12.3. The summed E-state index contributed by atoms with van der Waals surface area (Å²) in [7, 11) is 0. The van der Waals surface area contributed by atoms with Crippen LogP contribution in [0.1, 0.15) is 18.6 Å². The third-order valence-corrected chi connectivity index (χ3v) is 4.82. The Morgan fingerprint density at radius 2 is 2.09 bits per heavy atom. The molecule has 2 aliphatic heterocycles. The van der Waals surface area contributed by atoms with Gasteiger partial charge in [-0.05, 0) is 0 Å². The molecule has 132 valence electrons. The zero-order valence-electron chi connectivity index (χ0n) is 13.1. The number of rotatable bonds is 4. The second-order valence-corrected chi connectivity index (χ2v) is 6.36. The van der Waals surface area contributed by atoms with Crippen LogP contribution in [0, 0.1) is 0 Å². The first kappa shape index (κ1) is 20.5. The molecule has 0 saturated carbocycles. The van der Waals surface area contributed by atoms with Crippen molar-refractivity contribution < 1.29 is 9.32 Å². The van der Waals surface area contributed by atoms with E-state index in [9.17, 15) is 4.79 Å². The highest BCUT2D eigenvalue weighted by molar-refractivity contribution is 7.99. The van der Waals surface area contributed by atoms with E-state index < -0.39 is 0 Å². The van der Waals surface area contributed by atoms with Crippen molar-refractivity contribution in [2.45, 2.75) is 25.9 Å². The second kappa shape index (κ2) is 9.68. The summed E-state index contributed by atoms with van der Waals surface area (Å²) in [5.74, 6) is 3.44. The predicted molar refractivity (Wildman–Crippen MR) is 94.3 cm³/mol. The van der Waals surface area contributed by atoms with E-state index in [0.29, 0.717) is 12.4 Å². The van der Waals surface area contributed by atoms with Gasteiger partial charge in [-0.25, -0.2) is 0 Å². The van der Waals surface area contributed by atoms with Crippen LogP contribution in [0.25, 0.3) is 0 Å². The molecule has 1 atom stereocenters. The van der Waals surface area contributed by atoms with Crippen molar-refractivity contribution in [1.29, 1.82) is 0 Å². The number of piperazine rings is 1. The minimum atomic E-state index is 0. The van der Waals surface area contributed by atoms with Crippen LogP contribution in [0.3, 0.4) is 0 Å². The number of aryl methyl sites for hydroxylation is 1. The van der Waals surface area contributed by atoms with Crippen molar-refractivity contribution in [3.63, 3.8) is 0 Å². The Balaban J connectivity index is 0.00000132. The number of nitrogens with one attached hydrogen (secondary N) is 1. The van der Waals surface area contributed by atoms with E-state index >= 15 is 0 Å². The van der Waals surface area contributed by atoms with Crippen molar-refractivity contribution in [3.05, 3.63) is 11.7 Å². The topological polar surface area (TPSA) is 74.5 Å². The Morgan fingerprint density at radius 1 is 1.35 bits per heavy atom. The minimum Gasteiger partial charge on any atom is -0.339 e. The van der Waals surface area contributed by atoms with Gasteiger partial charge in [-0.2, -0.15) is 4.98 Å². The maximum absolute atomic E-state index is 12.3. The first-order valence-corrected chi connectivity index (χ1v) is 8.55. The fourth-order valence-corrected chi connectivity index (χ4v) is 3.53. The number of halogens is 2. The molecule has 1 amide bonds. The SMILES string of the molecule is CCc1nc(CN2CCN(C(=O)C3CSCN3)CC2)no1.Cl.Cl. The molecule has 0 aromatic carbocycles. The van der Waals surface area contributed by atoms with Crippen molar-refractivity contribution in [2.24, 2.45) is 0 Å². The average molecular weight is 384 g/mol. The molecule has 2 fully saturated rings. The summed E-state index contributed by atoms with van der Waals surface area (Å²) < 4.78 is 5.12. The predicted octanol–water partition coefficient (Wildman–Crippen LogP) is 0.782. The Bertz CT molecular complexity index is 490. The Labute approximate surface area is 152 Å². The molecule has 10 heteroatoms. The van der Waals surface area contributed by atoms with E-state index in [2.05, 4.69) is 20.4 Å². The molecule has 2 aliphatic rings. The first-order chi connectivity index (χ1) is 10.3. The lowest BCUT2D eigenvalue weighted by Gasteiger charge is -2.35. The van der Waals surface area contributed by atoms with Crippen LogP contribution in [-0.4, -0.2) is 69.7 Å². The van der Waals surface area contributed by atoms with Crippen LogP contribution in [0.2, 0.25) is 0 Å². The van der Waals surface area contributed by atoms with E-state index in [-0.39, 0.29) is 36.8 Å². The molecule has 1 unspecified atom stereocenters. The molecule has 23 heavy (non-hydrogen) atoms. The van der Waals surface area contributed by atoms with Gasteiger partial charge in [0.15, 0.2) is 5.82 Å². The standard InChI is InChI=1S/C13H21N5O2S.2ClH/c1-2-12-15-11(16-20-12)7-17-3-5-18(6-4-17)13(19)10-8-21-9-14-10;;/h10,14H,2-9H2,1H3;2*1H. The van der Waals surface area contributed by atoms with Crippen molar-refractivity contribution in [3.8, 4) is 0 Å². The number of aromatic nitrogens is 2. The molecule has 0 radical (unpaired) electrons. The zero-order chi connectivity index (χ0) is 14.7. The van der Waals surface area contributed by atoms with Crippen molar-refractivity contribution in [2.75, 3.05) is 37.8 Å². The number of thioether (sulfide) groups is 1. The number of carbonyl (C=O) groups excluding carboxylic acids is 1. The summed E-state index contributed by atoms with van der Waals surface area (Å²) in [6, 6.07) is 0.00543. The fraction of sp³-hybridized carbons (Fsp3) is 0.769. The van der Waals surface area contributed by atoms with Gasteiger partial charge in [0, 0.05) is 44.2 Å². The summed E-state index contributed by atoms with van der Waals surface area (Å²) in [6.45, 7) is 5.98. The molecule has 0 bridgehead atoms. The number of hydrogen-bond donors (Lipinski definition) is 1. The smallest absolute Gasteiger partial charge is 0.240 e. The quantitative estimate of drug-likeness (QED) is 0.823. The number of hydrogen-bond acceptors (Lipinski definition) is 7. The zero-order valence-corrected chi connectivity index (χ0v) is 15.5. The van der Waals surface area contributed by atoms with E-state index in [1.54, 1.807) is 11.8 Å². The number of carbonyl (C=O) groups is 1. The largest absolute Gasteiger partial charge is 0.339 e. The van der Waals surface area contributed by atoms with Crippen LogP contribution in [0.15, 0.2) is 4.52 Å². The Morgan fingerprint density at radius 3 is 2.65 bits per heavy atom. The van der Waals surface area contributed by atoms with Gasteiger partial charge in [-0.1, -0.05) is 12.1 Å². The van der Waals surface area contributed by atoms with Gasteiger partial charge in [0.1, 0.15) is 0 Å². The molecular weight excluding hydrogens is 361 g/mol. The molecule has 7 nitrogen and oxygen atoms in total. The van der Waals surface area contributed by atoms with Crippen LogP contribution < -0.4 is 5.32 Å². The molecule has 1 aromatic rings. The first-order valence-electron chi connectivity index (χ1n) is 7.40. The lowest BCUT2D eigenvalue weighted by Crippen LogP contribution is -2.53. The van der Waals surface area contributed by atoms with Crippen LogP contribution in [0.5, 0.6) is 0 Å². The highest BCUT2D eigenvalue weighted by Crippen LogP contribution is 2.14. The molecule has 2 saturated heterocycles.